The highest BCUT2D eigenvalue weighted by molar-refractivity contribution is 5.23. The van der Waals surface area contributed by atoms with Gasteiger partial charge in [0.15, 0.2) is 0 Å². The van der Waals surface area contributed by atoms with Gasteiger partial charge in [-0.3, -0.25) is 0 Å². The van der Waals surface area contributed by atoms with Crippen LogP contribution in [0, 0.1) is 0 Å². The summed E-state index contributed by atoms with van der Waals surface area (Å²) in [4.78, 5) is 4.00. The van der Waals surface area contributed by atoms with Crippen LogP contribution in [0.1, 0.15) is 24.9 Å². The molecule has 3 heteroatoms. The maximum absolute atomic E-state index is 5.83. The SMILES string of the molecule is CC[C@@H](N)c1ccnc(OC)c1. The number of nitrogens with zero attached hydrogens (tertiary/aromatic N) is 1. The summed E-state index contributed by atoms with van der Waals surface area (Å²) in [6.07, 6.45) is 2.64. The number of aromatic nitrogens is 1. The topological polar surface area (TPSA) is 48.1 Å². The van der Waals surface area contributed by atoms with Crippen LogP contribution in [0.4, 0.5) is 0 Å². The lowest BCUT2D eigenvalue weighted by Gasteiger charge is -2.09. The van der Waals surface area contributed by atoms with Crippen molar-refractivity contribution in [3.63, 3.8) is 0 Å². The Morgan fingerprint density at radius 1 is 1.67 bits per heavy atom. The van der Waals surface area contributed by atoms with Crippen molar-refractivity contribution in [1.29, 1.82) is 0 Å². The first-order valence-electron chi connectivity index (χ1n) is 4.03. The minimum absolute atomic E-state index is 0.0851. The van der Waals surface area contributed by atoms with E-state index in [9.17, 15) is 0 Å². The van der Waals surface area contributed by atoms with E-state index in [0.29, 0.717) is 5.88 Å². The standard InChI is InChI=1S/C9H14N2O/c1-3-8(10)7-4-5-11-9(6-7)12-2/h4-6,8H,3,10H2,1-2H3/t8-/m1/s1. The number of pyridine rings is 1. The molecule has 0 radical (unpaired) electrons. The van der Waals surface area contributed by atoms with Gasteiger partial charge >= 0.3 is 0 Å². The molecule has 1 rings (SSSR count). The zero-order valence-electron chi connectivity index (χ0n) is 7.45. The van der Waals surface area contributed by atoms with E-state index in [1.54, 1.807) is 13.3 Å². The molecule has 2 N–H and O–H groups in total. The smallest absolute Gasteiger partial charge is 0.213 e. The van der Waals surface area contributed by atoms with Crippen LogP contribution in [-0.4, -0.2) is 12.1 Å². The molecule has 0 bridgehead atoms. The van der Waals surface area contributed by atoms with E-state index in [2.05, 4.69) is 11.9 Å². The van der Waals surface area contributed by atoms with Crippen LogP contribution in [0.5, 0.6) is 5.88 Å². The van der Waals surface area contributed by atoms with Crippen molar-refractivity contribution in [3.05, 3.63) is 23.9 Å². The summed E-state index contributed by atoms with van der Waals surface area (Å²) in [6.45, 7) is 2.05. The highest BCUT2D eigenvalue weighted by Crippen LogP contribution is 2.16. The highest BCUT2D eigenvalue weighted by atomic mass is 16.5. The first kappa shape index (κ1) is 9.00. The van der Waals surface area contributed by atoms with Crippen LogP contribution in [0.15, 0.2) is 18.3 Å². The van der Waals surface area contributed by atoms with Crippen LogP contribution >= 0.6 is 0 Å². The summed E-state index contributed by atoms with van der Waals surface area (Å²) in [7, 11) is 1.60. The van der Waals surface area contributed by atoms with Crippen LogP contribution in [0.3, 0.4) is 0 Å². The van der Waals surface area contributed by atoms with Gasteiger partial charge in [0.25, 0.3) is 0 Å². The van der Waals surface area contributed by atoms with Crippen molar-refractivity contribution in [2.75, 3.05) is 7.11 Å². The van der Waals surface area contributed by atoms with E-state index >= 15 is 0 Å². The molecule has 1 heterocycles. The third-order valence-electron chi connectivity index (χ3n) is 1.84. The molecule has 0 saturated heterocycles. The lowest BCUT2D eigenvalue weighted by atomic mass is 10.1. The molecule has 1 atom stereocenters. The average molecular weight is 166 g/mol. The van der Waals surface area contributed by atoms with Crippen LogP contribution in [0.25, 0.3) is 0 Å². The Bertz CT molecular complexity index is 250. The zero-order valence-corrected chi connectivity index (χ0v) is 7.45. The summed E-state index contributed by atoms with van der Waals surface area (Å²) < 4.78 is 4.98. The number of rotatable bonds is 3. The fourth-order valence-corrected chi connectivity index (χ4v) is 1.00. The lowest BCUT2D eigenvalue weighted by molar-refractivity contribution is 0.396. The summed E-state index contributed by atoms with van der Waals surface area (Å²) in [5, 5.41) is 0. The third kappa shape index (κ3) is 1.95. The van der Waals surface area contributed by atoms with Crippen molar-refractivity contribution in [2.45, 2.75) is 19.4 Å². The molecule has 0 aliphatic rings. The zero-order chi connectivity index (χ0) is 8.97. The molecule has 0 aromatic carbocycles. The fourth-order valence-electron chi connectivity index (χ4n) is 1.00. The van der Waals surface area contributed by atoms with Gasteiger partial charge < -0.3 is 10.5 Å². The van der Waals surface area contributed by atoms with E-state index in [-0.39, 0.29) is 6.04 Å². The summed E-state index contributed by atoms with van der Waals surface area (Å²) in [5.74, 6) is 0.622. The minimum atomic E-state index is 0.0851. The van der Waals surface area contributed by atoms with E-state index in [1.165, 1.54) is 0 Å². The van der Waals surface area contributed by atoms with E-state index < -0.39 is 0 Å². The minimum Gasteiger partial charge on any atom is -0.481 e. The van der Waals surface area contributed by atoms with Gasteiger partial charge in [-0.15, -0.1) is 0 Å². The first-order chi connectivity index (χ1) is 5.77. The number of nitrogens with two attached hydrogens (primary N) is 1. The van der Waals surface area contributed by atoms with Crippen LogP contribution in [-0.2, 0) is 0 Å². The molecule has 0 fully saturated rings. The van der Waals surface area contributed by atoms with Crippen molar-refractivity contribution < 1.29 is 4.74 Å². The highest BCUT2D eigenvalue weighted by Gasteiger charge is 2.03. The molecule has 0 spiro atoms. The quantitative estimate of drug-likeness (QED) is 0.740. The molecular weight excluding hydrogens is 152 g/mol. The maximum Gasteiger partial charge on any atom is 0.213 e. The van der Waals surface area contributed by atoms with Crippen LogP contribution < -0.4 is 10.5 Å². The molecule has 1 aromatic rings. The van der Waals surface area contributed by atoms with Gasteiger partial charge in [0.1, 0.15) is 0 Å². The largest absolute Gasteiger partial charge is 0.481 e. The van der Waals surface area contributed by atoms with Gasteiger partial charge in [-0.05, 0) is 18.1 Å². The van der Waals surface area contributed by atoms with Gasteiger partial charge in [-0.1, -0.05) is 6.92 Å². The third-order valence-corrected chi connectivity index (χ3v) is 1.84. The Labute approximate surface area is 72.6 Å². The second-order valence-electron chi connectivity index (χ2n) is 2.65. The van der Waals surface area contributed by atoms with Crippen LogP contribution in [0.2, 0.25) is 0 Å². The average Bonchev–Trinajstić information content (AvgIpc) is 2.17. The molecule has 0 unspecified atom stereocenters. The summed E-state index contributed by atoms with van der Waals surface area (Å²) in [6, 6.07) is 3.87. The Kier molecular flexibility index (Phi) is 3.05. The van der Waals surface area contributed by atoms with E-state index in [4.69, 9.17) is 10.5 Å². The second-order valence-corrected chi connectivity index (χ2v) is 2.65. The predicted octanol–water partition coefficient (Wildman–Crippen LogP) is 1.50. The summed E-state index contributed by atoms with van der Waals surface area (Å²) >= 11 is 0. The first-order valence-corrected chi connectivity index (χ1v) is 4.03. The second kappa shape index (κ2) is 4.07. The fraction of sp³-hybridized carbons (Fsp3) is 0.444. The lowest BCUT2D eigenvalue weighted by Crippen LogP contribution is -2.08. The van der Waals surface area contributed by atoms with Gasteiger partial charge in [0, 0.05) is 18.3 Å². The molecule has 1 aromatic heterocycles. The number of ether oxygens (including phenoxy) is 1. The molecule has 0 saturated carbocycles. The summed E-state index contributed by atoms with van der Waals surface area (Å²) in [5.41, 5.74) is 6.91. The van der Waals surface area contributed by atoms with Gasteiger partial charge in [0.2, 0.25) is 5.88 Å². The normalized spacial score (nSPS) is 12.6. The molecule has 0 aliphatic heterocycles. The molecule has 3 nitrogen and oxygen atoms in total. The maximum atomic E-state index is 5.83. The molecule has 12 heavy (non-hydrogen) atoms. The van der Waals surface area contributed by atoms with Gasteiger partial charge in [0.05, 0.1) is 7.11 Å². The Balaban J connectivity index is 2.86. The molecule has 66 valence electrons. The Hall–Kier alpha value is -1.09. The Morgan fingerprint density at radius 3 is 3.00 bits per heavy atom. The predicted molar refractivity (Wildman–Crippen MR) is 48.0 cm³/mol. The number of hydrogen-bond acceptors (Lipinski definition) is 3. The number of hydrogen-bond donors (Lipinski definition) is 1. The van der Waals surface area contributed by atoms with Crippen molar-refractivity contribution in [1.82, 2.24) is 4.98 Å². The Morgan fingerprint density at radius 2 is 2.42 bits per heavy atom. The van der Waals surface area contributed by atoms with Crippen molar-refractivity contribution in [2.24, 2.45) is 5.73 Å². The monoisotopic (exact) mass is 166 g/mol. The van der Waals surface area contributed by atoms with Crippen molar-refractivity contribution in [3.8, 4) is 5.88 Å². The number of methoxy groups -OCH3 is 1. The van der Waals surface area contributed by atoms with E-state index in [1.807, 2.05) is 12.1 Å². The van der Waals surface area contributed by atoms with Crippen molar-refractivity contribution >= 4 is 0 Å². The molecule has 0 aliphatic carbocycles. The molecule has 0 amide bonds. The van der Waals surface area contributed by atoms with Gasteiger partial charge in [-0.2, -0.15) is 0 Å². The van der Waals surface area contributed by atoms with Gasteiger partial charge in [-0.25, -0.2) is 4.98 Å². The molecular formula is C9H14N2O. The van der Waals surface area contributed by atoms with E-state index in [0.717, 1.165) is 12.0 Å².